The molecular formula is C17H19NO6S. The Bertz CT molecular complexity index is 835. The zero-order valence-electron chi connectivity index (χ0n) is 13.8. The average molecular weight is 365 g/mol. The topological polar surface area (TPSA) is 102 Å². The van der Waals surface area contributed by atoms with Crippen LogP contribution in [0.5, 0.6) is 11.5 Å². The molecule has 2 aromatic carbocycles. The summed E-state index contributed by atoms with van der Waals surface area (Å²) in [5.74, 6) is -0.859. The number of hydrogen-bond acceptors (Lipinski definition) is 5. The van der Waals surface area contributed by atoms with E-state index in [4.69, 9.17) is 9.47 Å². The lowest BCUT2D eigenvalue weighted by Gasteiger charge is -2.17. The summed E-state index contributed by atoms with van der Waals surface area (Å²) < 4.78 is 37.7. The van der Waals surface area contributed by atoms with E-state index in [2.05, 4.69) is 4.72 Å². The number of aliphatic carboxylic acids is 1. The summed E-state index contributed by atoms with van der Waals surface area (Å²) >= 11 is 0. The van der Waals surface area contributed by atoms with Gasteiger partial charge in [-0.2, -0.15) is 4.72 Å². The van der Waals surface area contributed by atoms with Gasteiger partial charge in [0.2, 0.25) is 10.0 Å². The third-order valence-corrected chi connectivity index (χ3v) is 5.03. The van der Waals surface area contributed by atoms with Crippen LogP contribution in [0.4, 0.5) is 0 Å². The van der Waals surface area contributed by atoms with Crippen LogP contribution < -0.4 is 14.2 Å². The Hall–Kier alpha value is -2.58. The lowest BCUT2D eigenvalue weighted by molar-refractivity contribution is -0.138. The van der Waals surface area contributed by atoms with Gasteiger partial charge in [-0.15, -0.1) is 0 Å². The van der Waals surface area contributed by atoms with Crippen molar-refractivity contribution < 1.29 is 27.8 Å². The normalized spacial score (nSPS) is 12.4. The Morgan fingerprint density at radius 2 is 1.80 bits per heavy atom. The van der Waals surface area contributed by atoms with Crippen LogP contribution in [0.15, 0.2) is 53.4 Å². The molecule has 0 fully saturated rings. The van der Waals surface area contributed by atoms with Crippen molar-refractivity contribution in [3.63, 3.8) is 0 Å². The lowest BCUT2D eigenvalue weighted by atomic mass is 10.1. The number of benzene rings is 2. The van der Waals surface area contributed by atoms with Crippen LogP contribution in [0.1, 0.15) is 5.56 Å². The van der Waals surface area contributed by atoms with Gasteiger partial charge in [0, 0.05) is 6.07 Å². The molecule has 0 unspecified atom stereocenters. The molecule has 0 aliphatic heterocycles. The first kappa shape index (κ1) is 18.8. The molecule has 2 rings (SSSR count). The molecule has 0 spiro atoms. The molecule has 2 aromatic rings. The predicted molar refractivity (Wildman–Crippen MR) is 91.4 cm³/mol. The fraction of sp³-hybridized carbons (Fsp3) is 0.235. The standard InChI is InChI=1S/C17H19NO6S/c1-23-13-8-9-15(24-2)16(11-13)25(21,22)18-14(17(19)20)10-12-6-4-3-5-7-12/h3-9,11,14,18H,10H2,1-2H3,(H,19,20)/t14-/m1/s1. The molecule has 134 valence electrons. The molecule has 2 N–H and O–H groups in total. The molecular weight excluding hydrogens is 346 g/mol. The highest BCUT2D eigenvalue weighted by Crippen LogP contribution is 2.28. The van der Waals surface area contributed by atoms with Gasteiger partial charge in [-0.25, -0.2) is 8.42 Å². The number of nitrogens with one attached hydrogen (secondary N) is 1. The molecule has 7 nitrogen and oxygen atoms in total. The first-order chi connectivity index (χ1) is 11.9. The minimum atomic E-state index is -4.14. The molecule has 0 aliphatic rings. The van der Waals surface area contributed by atoms with Crippen LogP contribution in [0.25, 0.3) is 0 Å². The average Bonchev–Trinajstić information content (AvgIpc) is 2.61. The van der Waals surface area contributed by atoms with Gasteiger partial charge in [-0.3, -0.25) is 4.79 Å². The van der Waals surface area contributed by atoms with Gasteiger partial charge < -0.3 is 14.6 Å². The second-order valence-corrected chi connectivity index (χ2v) is 6.90. The molecule has 25 heavy (non-hydrogen) atoms. The Morgan fingerprint density at radius 1 is 1.12 bits per heavy atom. The van der Waals surface area contributed by atoms with Crippen LogP contribution in [0.3, 0.4) is 0 Å². The maximum absolute atomic E-state index is 12.7. The highest BCUT2D eigenvalue weighted by atomic mass is 32.2. The van der Waals surface area contributed by atoms with E-state index >= 15 is 0 Å². The van der Waals surface area contributed by atoms with Gasteiger partial charge >= 0.3 is 5.97 Å². The second-order valence-electron chi connectivity index (χ2n) is 5.22. The first-order valence-corrected chi connectivity index (χ1v) is 8.87. The van der Waals surface area contributed by atoms with E-state index < -0.39 is 22.0 Å². The monoisotopic (exact) mass is 365 g/mol. The van der Waals surface area contributed by atoms with E-state index in [9.17, 15) is 18.3 Å². The minimum absolute atomic E-state index is 0.0156. The van der Waals surface area contributed by atoms with E-state index in [-0.39, 0.29) is 17.1 Å². The summed E-state index contributed by atoms with van der Waals surface area (Å²) in [6.45, 7) is 0. The van der Waals surface area contributed by atoms with Gasteiger partial charge in [-0.1, -0.05) is 30.3 Å². The molecule has 0 saturated heterocycles. The maximum Gasteiger partial charge on any atom is 0.322 e. The van der Waals surface area contributed by atoms with Crippen molar-refractivity contribution in [2.24, 2.45) is 0 Å². The third kappa shape index (κ3) is 4.71. The molecule has 1 atom stereocenters. The van der Waals surface area contributed by atoms with Crippen molar-refractivity contribution in [2.45, 2.75) is 17.4 Å². The number of carbonyl (C=O) groups is 1. The second kappa shape index (κ2) is 8.00. The molecule has 0 amide bonds. The molecule has 0 aromatic heterocycles. The van der Waals surface area contributed by atoms with Crippen molar-refractivity contribution in [2.75, 3.05) is 14.2 Å². The van der Waals surface area contributed by atoms with E-state index in [0.29, 0.717) is 11.3 Å². The summed E-state index contributed by atoms with van der Waals surface area (Å²) in [6, 6.07) is 11.7. The predicted octanol–water partition coefficient (Wildman–Crippen LogP) is 1.68. The fourth-order valence-electron chi connectivity index (χ4n) is 2.27. The van der Waals surface area contributed by atoms with E-state index in [1.165, 1.54) is 26.4 Å². The summed E-state index contributed by atoms with van der Waals surface area (Å²) in [6.07, 6.45) is 0.0156. The van der Waals surface area contributed by atoms with Crippen molar-refractivity contribution in [1.82, 2.24) is 4.72 Å². The lowest BCUT2D eigenvalue weighted by Crippen LogP contribution is -2.42. The number of carboxylic acids is 1. The van der Waals surface area contributed by atoms with Crippen molar-refractivity contribution in [3.05, 3.63) is 54.1 Å². The number of methoxy groups -OCH3 is 2. The Labute approximate surface area is 146 Å². The zero-order chi connectivity index (χ0) is 18.4. The molecule has 0 heterocycles. The minimum Gasteiger partial charge on any atom is -0.497 e. The van der Waals surface area contributed by atoms with E-state index in [1.54, 1.807) is 36.4 Å². The van der Waals surface area contributed by atoms with Gasteiger partial charge in [0.1, 0.15) is 22.4 Å². The van der Waals surface area contributed by atoms with E-state index in [0.717, 1.165) is 0 Å². The van der Waals surface area contributed by atoms with Crippen LogP contribution >= 0.6 is 0 Å². The largest absolute Gasteiger partial charge is 0.497 e. The number of carboxylic acid groups (broad SMARTS) is 1. The highest BCUT2D eigenvalue weighted by molar-refractivity contribution is 7.89. The van der Waals surface area contributed by atoms with Crippen LogP contribution in [-0.4, -0.2) is 39.8 Å². The van der Waals surface area contributed by atoms with Crippen LogP contribution in [-0.2, 0) is 21.2 Å². The Morgan fingerprint density at radius 3 is 2.36 bits per heavy atom. The van der Waals surface area contributed by atoms with Crippen LogP contribution in [0.2, 0.25) is 0 Å². The van der Waals surface area contributed by atoms with Gasteiger partial charge in [0.25, 0.3) is 0 Å². The summed E-state index contributed by atoms with van der Waals surface area (Å²) in [4.78, 5) is 11.3. The molecule has 0 saturated carbocycles. The quantitative estimate of drug-likeness (QED) is 0.738. The fourth-order valence-corrected chi connectivity index (χ4v) is 3.65. The number of ether oxygens (including phenoxy) is 2. The Kier molecular flexibility index (Phi) is 6.00. The highest BCUT2D eigenvalue weighted by Gasteiger charge is 2.28. The maximum atomic E-state index is 12.7. The van der Waals surface area contributed by atoms with Crippen molar-refractivity contribution >= 4 is 16.0 Å². The first-order valence-electron chi connectivity index (χ1n) is 7.38. The third-order valence-electron chi connectivity index (χ3n) is 3.54. The van der Waals surface area contributed by atoms with Gasteiger partial charge in [-0.05, 0) is 24.1 Å². The van der Waals surface area contributed by atoms with Crippen molar-refractivity contribution in [3.8, 4) is 11.5 Å². The number of hydrogen-bond donors (Lipinski definition) is 2. The van der Waals surface area contributed by atoms with Crippen LogP contribution in [0, 0.1) is 0 Å². The molecule has 0 bridgehead atoms. The van der Waals surface area contributed by atoms with E-state index in [1.807, 2.05) is 0 Å². The summed E-state index contributed by atoms with van der Waals surface area (Å²) in [5, 5.41) is 9.39. The SMILES string of the molecule is COc1ccc(OC)c(S(=O)(=O)N[C@H](Cc2ccccc2)C(=O)O)c1. The smallest absolute Gasteiger partial charge is 0.322 e. The van der Waals surface area contributed by atoms with Gasteiger partial charge in [0.05, 0.1) is 14.2 Å². The molecule has 0 aliphatic carbocycles. The zero-order valence-corrected chi connectivity index (χ0v) is 14.6. The summed E-state index contributed by atoms with van der Waals surface area (Å²) in [5.41, 5.74) is 0.704. The number of rotatable bonds is 8. The van der Waals surface area contributed by atoms with Crippen molar-refractivity contribution in [1.29, 1.82) is 0 Å². The summed E-state index contributed by atoms with van der Waals surface area (Å²) in [7, 11) is -1.40. The van der Waals surface area contributed by atoms with Gasteiger partial charge in [0.15, 0.2) is 0 Å². The molecule has 0 radical (unpaired) electrons. The number of sulfonamides is 1. The Balaban J connectivity index is 2.33. The molecule has 8 heteroatoms.